The van der Waals surface area contributed by atoms with Gasteiger partial charge in [0.15, 0.2) is 0 Å². The zero-order chi connectivity index (χ0) is 8.39. The fourth-order valence-electron chi connectivity index (χ4n) is 1.09. The van der Waals surface area contributed by atoms with E-state index >= 15 is 0 Å². The molecule has 1 heterocycles. The highest BCUT2D eigenvalue weighted by molar-refractivity contribution is 5.79. The van der Waals surface area contributed by atoms with Crippen molar-refractivity contribution in [3.63, 3.8) is 0 Å². The summed E-state index contributed by atoms with van der Waals surface area (Å²) >= 11 is 0. The van der Waals surface area contributed by atoms with Gasteiger partial charge < -0.3 is 0 Å². The first-order valence-electron chi connectivity index (χ1n) is 3.72. The minimum absolute atomic E-state index is 0.691. The minimum atomic E-state index is 0.691. The number of nitrogens with zero attached hydrogens (tertiary/aromatic N) is 2. The lowest BCUT2D eigenvalue weighted by molar-refractivity contribution is 1.29. The van der Waals surface area contributed by atoms with Gasteiger partial charge in [-0.25, -0.2) is 4.99 Å². The van der Waals surface area contributed by atoms with E-state index in [1.54, 1.807) is 12.4 Å². The van der Waals surface area contributed by atoms with E-state index in [9.17, 15) is 0 Å². The Labute approximate surface area is 70.3 Å². The van der Waals surface area contributed by atoms with Gasteiger partial charge in [-0.15, -0.1) is 0 Å². The lowest BCUT2D eigenvalue weighted by Crippen LogP contribution is -2.23. The molecule has 58 valence electrons. The van der Waals surface area contributed by atoms with Crippen LogP contribution in [0.3, 0.4) is 0 Å². The number of allylic oxidation sites excluding steroid dienone is 1. The van der Waals surface area contributed by atoms with Crippen LogP contribution in [0, 0.1) is 0 Å². The van der Waals surface area contributed by atoms with Crippen LogP contribution in [0.15, 0.2) is 46.5 Å². The maximum atomic E-state index is 4.26. The summed E-state index contributed by atoms with van der Waals surface area (Å²) in [7, 11) is 0. The zero-order valence-corrected chi connectivity index (χ0v) is 6.57. The summed E-state index contributed by atoms with van der Waals surface area (Å²) < 4.78 is 0. The highest BCUT2D eigenvalue weighted by Crippen LogP contribution is 1.88. The SMILES string of the molecule is C=C1C=NC=c2ccccc2=N1. The molecule has 0 saturated heterocycles. The maximum absolute atomic E-state index is 4.26. The lowest BCUT2D eigenvalue weighted by Gasteiger charge is -1.86. The Morgan fingerprint density at radius 2 is 2.00 bits per heavy atom. The molecule has 1 aromatic rings. The van der Waals surface area contributed by atoms with Crippen molar-refractivity contribution in [2.75, 3.05) is 0 Å². The summed E-state index contributed by atoms with van der Waals surface area (Å²) in [6.45, 7) is 3.74. The van der Waals surface area contributed by atoms with Crippen molar-refractivity contribution >= 4 is 12.4 Å². The van der Waals surface area contributed by atoms with Gasteiger partial charge in [-0.05, 0) is 6.07 Å². The van der Waals surface area contributed by atoms with Gasteiger partial charge in [-0.2, -0.15) is 0 Å². The molecular weight excluding hydrogens is 148 g/mol. The molecule has 0 amide bonds. The van der Waals surface area contributed by atoms with Crippen LogP contribution >= 0.6 is 0 Å². The van der Waals surface area contributed by atoms with Crippen molar-refractivity contribution < 1.29 is 0 Å². The van der Waals surface area contributed by atoms with E-state index in [1.807, 2.05) is 24.3 Å². The Bertz CT molecular complexity index is 455. The molecule has 0 fully saturated rings. The Kier molecular flexibility index (Phi) is 1.59. The predicted octanol–water partition coefficient (Wildman–Crippen LogP) is 0.642. The second-order valence-electron chi connectivity index (χ2n) is 2.57. The number of fused-ring (bicyclic) bond motifs is 1. The minimum Gasteiger partial charge on any atom is -0.262 e. The van der Waals surface area contributed by atoms with E-state index in [0.29, 0.717) is 5.70 Å². The Morgan fingerprint density at radius 1 is 1.17 bits per heavy atom. The van der Waals surface area contributed by atoms with Crippen molar-refractivity contribution in [3.05, 3.63) is 47.1 Å². The Hall–Kier alpha value is -1.70. The van der Waals surface area contributed by atoms with Crippen LogP contribution in [-0.2, 0) is 0 Å². The van der Waals surface area contributed by atoms with Crippen LogP contribution in [0.1, 0.15) is 0 Å². The largest absolute Gasteiger partial charge is 0.262 e. The molecule has 1 aliphatic heterocycles. The number of para-hydroxylation sites is 1. The van der Waals surface area contributed by atoms with E-state index in [4.69, 9.17) is 0 Å². The molecule has 1 aromatic carbocycles. The van der Waals surface area contributed by atoms with Gasteiger partial charge in [0.25, 0.3) is 0 Å². The van der Waals surface area contributed by atoms with Crippen LogP contribution in [-0.4, -0.2) is 6.21 Å². The first-order valence-corrected chi connectivity index (χ1v) is 3.72. The van der Waals surface area contributed by atoms with Gasteiger partial charge in [-0.1, -0.05) is 24.8 Å². The number of hydrogen-bond donors (Lipinski definition) is 0. The molecule has 2 rings (SSSR count). The highest BCUT2D eigenvalue weighted by atomic mass is 14.8. The zero-order valence-electron chi connectivity index (χ0n) is 6.57. The van der Waals surface area contributed by atoms with Gasteiger partial charge in [-0.3, -0.25) is 4.99 Å². The van der Waals surface area contributed by atoms with Crippen molar-refractivity contribution in [2.24, 2.45) is 9.98 Å². The summed E-state index contributed by atoms with van der Waals surface area (Å²) in [5, 5.41) is 1.97. The molecule has 2 nitrogen and oxygen atoms in total. The Morgan fingerprint density at radius 3 is 2.92 bits per heavy atom. The summed E-state index contributed by atoms with van der Waals surface area (Å²) in [5.74, 6) is 0. The lowest BCUT2D eigenvalue weighted by atomic mass is 10.3. The molecule has 0 saturated carbocycles. The first-order chi connectivity index (χ1) is 5.86. The molecule has 0 spiro atoms. The molecule has 0 atom stereocenters. The van der Waals surface area contributed by atoms with E-state index in [-0.39, 0.29) is 0 Å². The second-order valence-corrected chi connectivity index (χ2v) is 2.57. The normalized spacial score (nSPS) is 14.2. The molecule has 0 unspecified atom stereocenters. The molecular formula is C10H8N2. The van der Waals surface area contributed by atoms with E-state index in [2.05, 4.69) is 16.6 Å². The second kappa shape index (κ2) is 2.74. The number of benzene rings is 1. The summed E-state index contributed by atoms with van der Waals surface area (Å²) in [5.41, 5.74) is 0.691. The molecule has 2 heteroatoms. The van der Waals surface area contributed by atoms with E-state index in [1.165, 1.54) is 0 Å². The highest BCUT2D eigenvalue weighted by Gasteiger charge is 1.90. The van der Waals surface area contributed by atoms with Crippen LogP contribution < -0.4 is 10.6 Å². The summed E-state index contributed by atoms with van der Waals surface area (Å²) in [4.78, 5) is 8.31. The quantitative estimate of drug-likeness (QED) is 0.526. The summed E-state index contributed by atoms with van der Waals surface area (Å²) in [6.07, 6.45) is 3.44. The van der Waals surface area contributed by atoms with E-state index in [0.717, 1.165) is 10.6 Å². The number of hydrogen-bond acceptors (Lipinski definition) is 2. The standard InChI is InChI=1S/C10H8N2/c1-8-6-11-7-9-4-2-3-5-10(9)12-8/h2-7H,1H2. The topological polar surface area (TPSA) is 24.7 Å². The number of aliphatic imine (C=N–C) groups is 1. The maximum Gasteiger partial charge on any atom is 0.0748 e. The third-order valence-corrected chi connectivity index (χ3v) is 1.64. The van der Waals surface area contributed by atoms with Crippen molar-refractivity contribution in [1.29, 1.82) is 0 Å². The van der Waals surface area contributed by atoms with Gasteiger partial charge in [0.1, 0.15) is 0 Å². The van der Waals surface area contributed by atoms with Crippen molar-refractivity contribution in [2.45, 2.75) is 0 Å². The molecule has 0 aliphatic carbocycles. The average Bonchev–Trinajstić information content (AvgIpc) is 2.25. The predicted molar refractivity (Wildman–Crippen MR) is 49.3 cm³/mol. The first kappa shape index (κ1) is 6.98. The van der Waals surface area contributed by atoms with Crippen molar-refractivity contribution in [3.8, 4) is 0 Å². The smallest absolute Gasteiger partial charge is 0.0748 e. The van der Waals surface area contributed by atoms with E-state index < -0.39 is 0 Å². The fourth-order valence-corrected chi connectivity index (χ4v) is 1.09. The number of rotatable bonds is 0. The average molecular weight is 156 g/mol. The molecule has 0 aromatic heterocycles. The molecule has 12 heavy (non-hydrogen) atoms. The van der Waals surface area contributed by atoms with Crippen LogP contribution in [0.25, 0.3) is 6.20 Å². The summed E-state index contributed by atoms with van der Waals surface area (Å²) in [6, 6.07) is 7.85. The van der Waals surface area contributed by atoms with Gasteiger partial charge in [0, 0.05) is 11.4 Å². The van der Waals surface area contributed by atoms with Gasteiger partial charge >= 0.3 is 0 Å². The molecule has 1 aliphatic rings. The Balaban J connectivity index is 2.84. The monoisotopic (exact) mass is 156 g/mol. The molecule has 0 radical (unpaired) electrons. The molecule has 0 N–H and O–H groups in total. The third-order valence-electron chi connectivity index (χ3n) is 1.64. The molecule has 0 bridgehead atoms. The van der Waals surface area contributed by atoms with Crippen LogP contribution in [0.2, 0.25) is 0 Å². The van der Waals surface area contributed by atoms with Gasteiger partial charge in [0.05, 0.1) is 17.3 Å². The fraction of sp³-hybridized carbons (Fsp3) is 0. The van der Waals surface area contributed by atoms with Crippen LogP contribution in [0.4, 0.5) is 0 Å². The third kappa shape index (κ3) is 1.19. The van der Waals surface area contributed by atoms with Gasteiger partial charge in [0.2, 0.25) is 0 Å². The van der Waals surface area contributed by atoms with Crippen molar-refractivity contribution in [1.82, 2.24) is 0 Å². The van der Waals surface area contributed by atoms with Crippen LogP contribution in [0.5, 0.6) is 0 Å².